The van der Waals surface area contributed by atoms with Crippen LogP contribution in [-0.2, 0) is 11.3 Å². The summed E-state index contributed by atoms with van der Waals surface area (Å²) >= 11 is 0. The first-order valence-electron chi connectivity index (χ1n) is 10.4. The topological polar surface area (TPSA) is 68.9 Å². The van der Waals surface area contributed by atoms with E-state index in [-0.39, 0.29) is 24.4 Å². The molecule has 2 aromatic carbocycles. The molecule has 0 spiro atoms. The lowest BCUT2D eigenvalue weighted by Crippen LogP contribution is -2.25. The molecule has 2 aromatic heterocycles. The molecule has 0 saturated heterocycles. The second-order valence-corrected chi connectivity index (χ2v) is 7.97. The van der Waals surface area contributed by atoms with Crippen LogP contribution in [0.15, 0.2) is 59.4 Å². The summed E-state index contributed by atoms with van der Waals surface area (Å²) in [5.41, 5.74) is 6.08. The predicted molar refractivity (Wildman–Crippen MR) is 124 cm³/mol. The molecule has 158 valence electrons. The average molecular weight is 415 g/mol. The molecule has 4 rings (SSSR count). The minimum atomic E-state index is -0.137. The third kappa shape index (κ3) is 4.01. The van der Waals surface area contributed by atoms with Crippen LogP contribution in [0.25, 0.3) is 16.7 Å². The standard InChI is InChI=1S/C25H26N4O2/c1-16-10-11-17(2)21(14-16)26-22(30)12-13-28-23(31)15-18(3)24-19(4)27-29(25(24)28)20-8-6-5-7-9-20/h5-11,14-15H,12-13H2,1-4H3,(H,26,30). The summed E-state index contributed by atoms with van der Waals surface area (Å²) in [6, 6.07) is 17.3. The molecule has 1 amide bonds. The number of nitrogens with one attached hydrogen (secondary N) is 1. The number of benzene rings is 2. The summed E-state index contributed by atoms with van der Waals surface area (Å²) in [4.78, 5) is 25.6. The Bertz CT molecular complexity index is 1330. The summed E-state index contributed by atoms with van der Waals surface area (Å²) in [5, 5.41) is 8.61. The summed E-state index contributed by atoms with van der Waals surface area (Å²) in [6.45, 7) is 8.08. The van der Waals surface area contributed by atoms with Gasteiger partial charge < -0.3 is 5.32 Å². The van der Waals surface area contributed by atoms with Crippen molar-refractivity contribution in [1.29, 1.82) is 0 Å². The second kappa shape index (κ2) is 8.22. The van der Waals surface area contributed by atoms with Gasteiger partial charge in [-0.1, -0.05) is 30.3 Å². The maximum absolute atomic E-state index is 12.9. The van der Waals surface area contributed by atoms with Crippen LogP contribution in [0.2, 0.25) is 0 Å². The molecule has 0 atom stereocenters. The van der Waals surface area contributed by atoms with E-state index in [1.807, 2.05) is 76.2 Å². The number of nitrogens with zero attached hydrogens (tertiary/aromatic N) is 3. The number of hydrogen-bond donors (Lipinski definition) is 1. The zero-order chi connectivity index (χ0) is 22.1. The van der Waals surface area contributed by atoms with Gasteiger partial charge in [0.1, 0.15) is 5.65 Å². The molecule has 1 N–H and O–H groups in total. The monoisotopic (exact) mass is 414 g/mol. The van der Waals surface area contributed by atoms with Crippen LogP contribution in [0.5, 0.6) is 0 Å². The van der Waals surface area contributed by atoms with Gasteiger partial charge in [0.15, 0.2) is 0 Å². The van der Waals surface area contributed by atoms with Crippen LogP contribution in [0, 0.1) is 27.7 Å². The minimum Gasteiger partial charge on any atom is -0.326 e. The number of amides is 1. The predicted octanol–water partition coefficient (Wildman–Crippen LogP) is 4.45. The van der Waals surface area contributed by atoms with Crippen molar-refractivity contribution in [3.63, 3.8) is 0 Å². The van der Waals surface area contributed by atoms with Crippen molar-refractivity contribution in [1.82, 2.24) is 14.3 Å². The summed E-state index contributed by atoms with van der Waals surface area (Å²) in [6.07, 6.45) is 0.185. The fourth-order valence-electron chi connectivity index (χ4n) is 3.93. The lowest BCUT2D eigenvalue weighted by molar-refractivity contribution is -0.116. The molecule has 0 fully saturated rings. The molecule has 0 aliphatic heterocycles. The highest BCUT2D eigenvalue weighted by atomic mass is 16.2. The van der Waals surface area contributed by atoms with Gasteiger partial charge in [0.05, 0.1) is 11.4 Å². The van der Waals surface area contributed by atoms with E-state index in [1.165, 1.54) is 0 Å². The van der Waals surface area contributed by atoms with Crippen molar-refractivity contribution in [2.24, 2.45) is 0 Å². The quantitative estimate of drug-likeness (QED) is 0.525. The number of para-hydroxylation sites is 1. The molecule has 0 radical (unpaired) electrons. The molecular formula is C25H26N4O2. The van der Waals surface area contributed by atoms with Crippen molar-refractivity contribution in [3.05, 3.63) is 87.3 Å². The number of aryl methyl sites for hydroxylation is 5. The maximum Gasteiger partial charge on any atom is 0.252 e. The van der Waals surface area contributed by atoms with Crippen LogP contribution in [-0.4, -0.2) is 20.3 Å². The molecule has 4 aromatic rings. The lowest BCUT2D eigenvalue weighted by Gasteiger charge is -2.13. The number of hydrogen-bond acceptors (Lipinski definition) is 3. The van der Waals surface area contributed by atoms with E-state index in [0.717, 1.165) is 39.1 Å². The minimum absolute atomic E-state index is 0.128. The van der Waals surface area contributed by atoms with E-state index < -0.39 is 0 Å². The Labute approximate surface area is 181 Å². The van der Waals surface area contributed by atoms with Gasteiger partial charge in [0, 0.05) is 30.1 Å². The number of anilines is 1. The van der Waals surface area contributed by atoms with Gasteiger partial charge in [-0.2, -0.15) is 5.10 Å². The van der Waals surface area contributed by atoms with Gasteiger partial charge in [0.2, 0.25) is 5.91 Å². The number of carbonyl (C=O) groups is 1. The van der Waals surface area contributed by atoms with Crippen LogP contribution < -0.4 is 10.9 Å². The fraction of sp³-hybridized carbons (Fsp3) is 0.240. The van der Waals surface area contributed by atoms with E-state index in [4.69, 9.17) is 5.10 Å². The normalized spacial score (nSPS) is 11.1. The van der Waals surface area contributed by atoms with Gasteiger partial charge in [-0.3, -0.25) is 14.2 Å². The van der Waals surface area contributed by atoms with Crippen molar-refractivity contribution >= 4 is 22.6 Å². The molecule has 2 heterocycles. The maximum atomic E-state index is 12.9. The lowest BCUT2D eigenvalue weighted by atomic mass is 10.1. The molecule has 6 nitrogen and oxygen atoms in total. The first-order chi connectivity index (χ1) is 14.8. The number of carbonyl (C=O) groups excluding carboxylic acids is 1. The van der Waals surface area contributed by atoms with Gasteiger partial charge in [-0.05, 0) is 62.6 Å². The molecular weight excluding hydrogens is 388 g/mol. The molecule has 0 aliphatic carbocycles. The van der Waals surface area contributed by atoms with E-state index in [9.17, 15) is 9.59 Å². The number of pyridine rings is 1. The Morgan fingerprint density at radius 3 is 2.45 bits per heavy atom. The number of rotatable bonds is 5. The van der Waals surface area contributed by atoms with E-state index in [1.54, 1.807) is 15.3 Å². The van der Waals surface area contributed by atoms with Crippen molar-refractivity contribution < 1.29 is 4.79 Å². The molecule has 0 unspecified atom stereocenters. The van der Waals surface area contributed by atoms with E-state index in [0.29, 0.717) is 5.65 Å². The third-order valence-corrected chi connectivity index (χ3v) is 5.52. The van der Waals surface area contributed by atoms with E-state index >= 15 is 0 Å². The van der Waals surface area contributed by atoms with Crippen LogP contribution >= 0.6 is 0 Å². The summed E-state index contributed by atoms with van der Waals surface area (Å²) < 4.78 is 3.44. The van der Waals surface area contributed by atoms with Crippen LogP contribution in [0.1, 0.15) is 28.8 Å². The zero-order valence-electron chi connectivity index (χ0n) is 18.3. The molecule has 0 bridgehead atoms. The third-order valence-electron chi connectivity index (χ3n) is 5.52. The highest BCUT2D eigenvalue weighted by Crippen LogP contribution is 2.24. The second-order valence-electron chi connectivity index (χ2n) is 7.97. The average Bonchev–Trinajstić information content (AvgIpc) is 3.09. The Morgan fingerprint density at radius 1 is 0.968 bits per heavy atom. The van der Waals surface area contributed by atoms with E-state index in [2.05, 4.69) is 5.32 Å². The van der Waals surface area contributed by atoms with Crippen LogP contribution in [0.4, 0.5) is 5.69 Å². The number of fused-ring (bicyclic) bond motifs is 1. The SMILES string of the molecule is Cc1ccc(C)c(NC(=O)CCn2c(=O)cc(C)c3c(C)nn(-c4ccccc4)c32)c1. The van der Waals surface area contributed by atoms with Crippen molar-refractivity contribution in [3.8, 4) is 5.69 Å². The van der Waals surface area contributed by atoms with Gasteiger partial charge in [-0.15, -0.1) is 0 Å². The molecule has 6 heteroatoms. The Morgan fingerprint density at radius 2 is 1.71 bits per heavy atom. The molecule has 0 saturated carbocycles. The Balaban J connectivity index is 1.70. The molecule has 0 aliphatic rings. The van der Waals surface area contributed by atoms with Crippen molar-refractivity contribution in [2.45, 2.75) is 40.7 Å². The highest BCUT2D eigenvalue weighted by Gasteiger charge is 2.17. The first kappa shape index (κ1) is 20.6. The first-order valence-corrected chi connectivity index (χ1v) is 10.4. The van der Waals surface area contributed by atoms with Gasteiger partial charge >= 0.3 is 0 Å². The largest absolute Gasteiger partial charge is 0.326 e. The fourth-order valence-corrected chi connectivity index (χ4v) is 3.93. The molecule has 31 heavy (non-hydrogen) atoms. The summed E-state index contributed by atoms with van der Waals surface area (Å²) in [5.74, 6) is -0.128. The highest BCUT2D eigenvalue weighted by molar-refractivity contribution is 5.91. The Kier molecular flexibility index (Phi) is 5.46. The zero-order valence-corrected chi connectivity index (χ0v) is 18.3. The Hall–Kier alpha value is -3.67. The smallest absolute Gasteiger partial charge is 0.252 e. The van der Waals surface area contributed by atoms with Gasteiger partial charge in [0.25, 0.3) is 5.56 Å². The van der Waals surface area contributed by atoms with Crippen LogP contribution in [0.3, 0.4) is 0 Å². The van der Waals surface area contributed by atoms with Gasteiger partial charge in [-0.25, -0.2) is 4.68 Å². The number of aromatic nitrogens is 3. The summed E-state index contributed by atoms with van der Waals surface area (Å²) in [7, 11) is 0. The van der Waals surface area contributed by atoms with Crippen molar-refractivity contribution in [2.75, 3.05) is 5.32 Å².